The van der Waals surface area contributed by atoms with E-state index in [1.165, 1.54) is 18.4 Å². The Morgan fingerprint density at radius 2 is 1.82 bits per heavy atom. The summed E-state index contributed by atoms with van der Waals surface area (Å²) in [6, 6.07) is 13.8. The topological polar surface area (TPSA) is 42.5 Å². The molecule has 7 heteroatoms. The van der Waals surface area contributed by atoms with E-state index in [-0.39, 0.29) is 24.8 Å². The average Bonchev–Trinajstić information content (AvgIpc) is 2.68. The molecule has 1 fully saturated rings. The number of nitrogens with one attached hydrogen (secondary N) is 2. The van der Waals surface area contributed by atoms with Crippen LogP contribution in [-0.4, -0.2) is 26.7 Å². The van der Waals surface area contributed by atoms with Gasteiger partial charge in [0.25, 0.3) is 0 Å². The number of methoxy groups -OCH3 is 1. The van der Waals surface area contributed by atoms with E-state index in [1.54, 1.807) is 7.11 Å². The van der Waals surface area contributed by atoms with E-state index in [4.69, 9.17) is 21.1 Å². The van der Waals surface area contributed by atoms with Crippen molar-refractivity contribution >= 4 is 11.6 Å². The predicted molar refractivity (Wildman–Crippen MR) is 106 cm³/mol. The fourth-order valence-electron chi connectivity index (χ4n) is 3.22. The summed E-state index contributed by atoms with van der Waals surface area (Å²) in [5.41, 5.74) is 2.16. The summed E-state index contributed by atoms with van der Waals surface area (Å²) in [5, 5.41) is 7.68. The lowest BCUT2D eigenvalue weighted by molar-refractivity contribution is -0.00100. The molecule has 0 aromatic heterocycles. The highest BCUT2D eigenvalue weighted by molar-refractivity contribution is 6.31. The predicted octanol–water partition coefficient (Wildman–Crippen LogP) is -1.98. The second-order valence-electron chi connectivity index (χ2n) is 6.69. The monoisotopic (exact) mass is 444 g/mol. The van der Waals surface area contributed by atoms with Gasteiger partial charge < -0.3 is 44.9 Å². The van der Waals surface area contributed by atoms with Crippen molar-refractivity contribution in [1.82, 2.24) is 10.6 Å². The second-order valence-corrected chi connectivity index (χ2v) is 7.10. The minimum Gasteiger partial charge on any atom is -1.00 e. The first-order valence-corrected chi connectivity index (χ1v) is 9.58. The van der Waals surface area contributed by atoms with Gasteiger partial charge >= 0.3 is 0 Å². The first-order chi connectivity index (χ1) is 12.8. The lowest BCUT2D eigenvalue weighted by Crippen LogP contribution is -3.00. The number of hydrogen-bond acceptors (Lipinski definition) is 4. The van der Waals surface area contributed by atoms with Gasteiger partial charge in [-0.2, -0.15) is 0 Å². The maximum atomic E-state index is 6.19. The number of piperidine rings is 1. The Balaban J connectivity index is 0.00000196. The van der Waals surface area contributed by atoms with Crippen LogP contribution >= 0.6 is 11.6 Å². The molecule has 0 unspecified atom stereocenters. The van der Waals surface area contributed by atoms with Crippen molar-refractivity contribution < 1.29 is 34.3 Å². The number of benzene rings is 2. The van der Waals surface area contributed by atoms with Crippen molar-refractivity contribution in [3.05, 3.63) is 58.6 Å². The fraction of sp³-hybridized carbons (Fsp3) is 0.429. The highest BCUT2D eigenvalue weighted by atomic mass is 35.5. The average molecular weight is 446 g/mol. The third-order valence-electron chi connectivity index (χ3n) is 4.79. The lowest BCUT2D eigenvalue weighted by Gasteiger charge is -2.23. The molecule has 0 spiro atoms. The fourth-order valence-corrected chi connectivity index (χ4v) is 3.41. The largest absolute Gasteiger partial charge is 1.00 e. The molecule has 28 heavy (non-hydrogen) atoms. The Labute approximate surface area is 185 Å². The molecule has 0 amide bonds. The van der Waals surface area contributed by atoms with E-state index in [0.29, 0.717) is 11.6 Å². The molecule has 0 saturated carbocycles. The zero-order valence-electron chi connectivity index (χ0n) is 16.0. The smallest absolute Gasteiger partial charge is 0.161 e. The van der Waals surface area contributed by atoms with Crippen LogP contribution in [-0.2, 0) is 13.2 Å². The second kappa shape index (κ2) is 13.1. The van der Waals surface area contributed by atoms with E-state index in [9.17, 15) is 0 Å². The Hall–Kier alpha value is -1.17. The number of rotatable bonds is 8. The highest BCUT2D eigenvalue weighted by Crippen LogP contribution is 2.29. The summed E-state index contributed by atoms with van der Waals surface area (Å²) in [5.74, 6) is 2.25. The van der Waals surface area contributed by atoms with E-state index in [2.05, 4.69) is 16.7 Å². The molecular formula is C21H27Cl3N2O2-2. The SMILES string of the molecule is COc1cc(CNCC2CCNCC2)ccc1OCc1ccccc1Cl.[Cl-].[Cl-]. The Morgan fingerprint density at radius 3 is 2.54 bits per heavy atom. The van der Waals surface area contributed by atoms with E-state index >= 15 is 0 Å². The minimum absolute atomic E-state index is 0. The van der Waals surface area contributed by atoms with Gasteiger partial charge in [-0.05, 0) is 62.2 Å². The van der Waals surface area contributed by atoms with Gasteiger partial charge in [-0.15, -0.1) is 0 Å². The molecule has 1 heterocycles. The van der Waals surface area contributed by atoms with Gasteiger partial charge in [0.2, 0.25) is 0 Å². The summed E-state index contributed by atoms with van der Waals surface area (Å²) in [6.45, 7) is 4.60. The Morgan fingerprint density at radius 1 is 1.07 bits per heavy atom. The Kier molecular flexibility index (Phi) is 11.7. The zero-order valence-corrected chi connectivity index (χ0v) is 18.3. The summed E-state index contributed by atoms with van der Waals surface area (Å²) < 4.78 is 11.4. The normalized spacial score (nSPS) is 13.9. The zero-order chi connectivity index (χ0) is 18.2. The van der Waals surface area contributed by atoms with Crippen LogP contribution in [0.5, 0.6) is 11.5 Å². The van der Waals surface area contributed by atoms with Crippen LogP contribution in [0.2, 0.25) is 5.02 Å². The standard InChI is InChI=1S/C21H27ClN2O2.2ClH/c1-25-21-12-17(14-24-13-16-8-10-23-11-9-16)6-7-20(21)26-15-18-4-2-3-5-19(18)22;;/h2-7,12,16,23-24H,8-11,13-15H2,1H3;2*1H/p-2. The van der Waals surface area contributed by atoms with Crippen LogP contribution in [0, 0.1) is 5.92 Å². The van der Waals surface area contributed by atoms with Crippen LogP contribution in [0.15, 0.2) is 42.5 Å². The first kappa shape index (κ1) is 24.9. The van der Waals surface area contributed by atoms with Crippen molar-refractivity contribution in [2.45, 2.75) is 26.0 Å². The van der Waals surface area contributed by atoms with Crippen LogP contribution in [0.25, 0.3) is 0 Å². The molecule has 156 valence electrons. The lowest BCUT2D eigenvalue weighted by atomic mass is 9.98. The third kappa shape index (κ3) is 7.34. The van der Waals surface area contributed by atoms with Crippen LogP contribution in [0.1, 0.15) is 24.0 Å². The molecule has 0 bridgehead atoms. The van der Waals surface area contributed by atoms with Crippen molar-refractivity contribution in [3.8, 4) is 11.5 Å². The molecule has 3 rings (SSSR count). The van der Waals surface area contributed by atoms with Gasteiger partial charge in [0.15, 0.2) is 11.5 Å². The summed E-state index contributed by atoms with van der Waals surface area (Å²) in [6.07, 6.45) is 2.51. The van der Waals surface area contributed by atoms with Gasteiger partial charge in [0.05, 0.1) is 7.11 Å². The molecule has 0 atom stereocenters. The summed E-state index contributed by atoms with van der Waals surface area (Å²) in [7, 11) is 1.67. The minimum atomic E-state index is 0. The van der Waals surface area contributed by atoms with Crippen molar-refractivity contribution in [2.75, 3.05) is 26.7 Å². The van der Waals surface area contributed by atoms with Crippen LogP contribution in [0.3, 0.4) is 0 Å². The molecule has 2 aromatic carbocycles. The van der Waals surface area contributed by atoms with Crippen LogP contribution < -0.4 is 44.9 Å². The van der Waals surface area contributed by atoms with Gasteiger partial charge in [-0.25, -0.2) is 0 Å². The first-order valence-electron chi connectivity index (χ1n) is 9.21. The van der Waals surface area contributed by atoms with Gasteiger partial charge in [0.1, 0.15) is 6.61 Å². The summed E-state index contributed by atoms with van der Waals surface area (Å²) in [4.78, 5) is 0. The van der Waals surface area contributed by atoms with Gasteiger partial charge in [-0.1, -0.05) is 35.9 Å². The van der Waals surface area contributed by atoms with Crippen molar-refractivity contribution in [2.24, 2.45) is 5.92 Å². The molecule has 4 nitrogen and oxygen atoms in total. The number of hydrogen-bond donors (Lipinski definition) is 2. The van der Waals surface area contributed by atoms with Crippen molar-refractivity contribution in [3.63, 3.8) is 0 Å². The highest BCUT2D eigenvalue weighted by Gasteiger charge is 2.12. The maximum absolute atomic E-state index is 6.19. The Bertz CT molecular complexity index is 710. The van der Waals surface area contributed by atoms with Gasteiger partial charge in [-0.3, -0.25) is 0 Å². The molecule has 1 aliphatic heterocycles. The summed E-state index contributed by atoms with van der Waals surface area (Å²) >= 11 is 6.19. The van der Waals surface area contributed by atoms with E-state index in [1.807, 2.05) is 36.4 Å². The third-order valence-corrected chi connectivity index (χ3v) is 5.16. The maximum Gasteiger partial charge on any atom is 0.161 e. The number of ether oxygens (including phenoxy) is 2. The van der Waals surface area contributed by atoms with Crippen molar-refractivity contribution in [1.29, 1.82) is 0 Å². The van der Waals surface area contributed by atoms with E-state index < -0.39 is 0 Å². The quantitative estimate of drug-likeness (QED) is 0.495. The van der Waals surface area contributed by atoms with Crippen LogP contribution in [0.4, 0.5) is 0 Å². The van der Waals surface area contributed by atoms with E-state index in [0.717, 1.165) is 49.2 Å². The molecule has 2 aromatic rings. The van der Waals surface area contributed by atoms with Gasteiger partial charge in [0, 0.05) is 17.1 Å². The molecule has 1 saturated heterocycles. The molecular weight excluding hydrogens is 419 g/mol. The molecule has 1 aliphatic rings. The molecule has 0 aliphatic carbocycles. The number of halogens is 3. The molecule has 2 N–H and O–H groups in total. The molecule has 0 radical (unpaired) electrons.